The highest BCUT2D eigenvalue weighted by atomic mass is 35.5. The molecule has 1 saturated carbocycles. The summed E-state index contributed by atoms with van der Waals surface area (Å²) in [6, 6.07) is 13.5. The number of nitrogens with one attached hydrogen (secondary N) is 1. The fraction of sp³-hybridized carbons (Fsp3) is 0.375. The van der Waals surface area contributed by atoms with E-state index in [1.54, 1.807) is 11.3 Å². The van der Waals surface area contributed by atoms with E-state index in [9.17, 15) is 0 Å². The molecule has 1 fully saturated rings. The molecular formula is C16H18ClNS. The van der Waals surface area contributed by atoms with E-state index in [0.717, 1.165) is 24.0 Å². The molecule has 1 unspecified atom stereocenters. The lowest BCUT2D eigenvalue weighted by Gasteiger charge is -2.17. The summed E-state index contributed by atoms with van der Waals surface area (Å²) >= 11 is 8.00. The number of hydrogen-bond donors (Lipinski definition) is 1. The number of rotatable bonds is 6. The SMILES string of the molecule is Clc1ccsc1CC(CNC1CC1)c1ccccc1. The van der Waals surface area contributed by atoms with Crippen molar-refractivity contribution in [2.24, 2.45) is 0 Å². The molecule has 1 aliphatic carbocycles. The molecule has 0 bridgehead atoms. The zero-order valence-electron chi connectivity index (χ0n) is 10.8. The van der Waals surface area contributed by atoms with Crippen LogP contribution in [0, 0.1) is 0 Å². The topological polar surface area (TPSA) is 12.0 Å². The fourth-order valence-electron chi connectivity index (χ4n) is 2.32. The van der Waals surface area contributed by atoms with Gasteiger partial charge in [-0.2, -0.15) is 0 Å². The smallest absolute Gasteiger partial charge is 0.0545 e. The van der Waals surface area contributed by atoms with Gasteiger partial charge in [0.05, 0.1) is 5.02 Å². The Bertz CT molecular complexity index is 519. The van der Waals surface area contributed by atoms with Crippen LogP contribution in [0.3, 0.4) is 0 Å². The molecule has 19 heavy (non-hydrogen) atoms. The number of halogens is 1. The summed E-state index contributed by atoms with van der Waals surface area (Å²) in [5.74, 6) is 0.512. The first-order chi connectivity index (χ1) is 9.33. The number of hydrogen-bond acceptors (Lipinski definition) is 2. The van der Waals surface area contributed by atoms with Gasteiger partial charge in [0.25, 0.3) is 0 Å². The van der Waals surface area contributed by atoms with Crippen LogP contribution in [0.4, 0.5) is 0 Å². The van der Waals surface area contributed by atoms with Crippen LogP contribution in [0.1, 0.15) is 29.2 Å². The van der Waals surface area contributed by atoms with Gasteiger partial charge in [0.1, 0.15) is 0 Å². The van der Waals surface area contributed by atoms with E-state index >= 15 is 0 Å². The van der Waals surface area contributed by atoms with Crippen molar-refractivity contribution in [2.75, 3.05) is 6.54 Å². The molecule has 100 valence electrons. The molecule has 1 heterocycles. The molecule has 1 aliphatic rings. The second-order valence-corrected chi connectivity index (χ2v) is 6.59. The molecule has 1 aromatic carbocycles. The van der Waals surface area contributed by atoms with Crippen molar-refractivity contribution in [3.8, 4) is 0 Å². The van der Waals surface area contributed by atoms with Crippen LogP contribution in [0.5, 0.6) is 0 Å². The van der Waals surface area contributed by atoms with E-state index in [1.165, 1.54) is 23.3 Å². The molecule has 3 rings (SSSR count). The lowest BCUT2D eigenvalue weighted by molar-refractivity contribution is 0.580. The highest BCUT2D eigenvalue weighted by Crippen LogP contribution is 2.29. The van der Waals surface area contributed by atoms with Gasteiger partial charge in [0, 0.05) is 23.4 Å². The Morgan fingerprint density at radius 3 is 2.63 bits per heavy atom. The predicted octanol–water partition coefficient (Wildman–Crippen LogP) is 4.48. The molecule has 1 nitrogen and oxygen atoms in total. The van der Waals surface area contributed by atoms with Crippen molar-refractivity contribution in [1.82, 2.24) is 5.32 Å². The second kappa shape index (κ2) is 6.08. The van der Waals surface area contributed by atoms with Crippen LogP contribution in [0.2, 0.25) is 5.02 Å². The molecular weight excluding hydrogens is 274 g/mol. The second-order valence-electron chi connectivity index (χ2n) is 5.19. The average Bonchev–Trinajstić information content (AvgIpc) is 3.19. The Hall–Kier alpha value is -0.830. The maximum Gasteiger partial charge on any atom is 0.0545 e. The van der Waals surface area contributed by atoms with Gasteiger partial charge in [-0.1, -0.05) is 41.9 Å². The predicted molar refractivity (Wildman–Crippen MR) is 83.2 cm³/mol. The van der Waals surface area contributed by atoms with Gasteiger partial charge < -0.3 is 5.32 Å². The Morgan fingerprint density at radius 2 is 2.00 bits per heavy atom. The lowest BCUT2D eigenvalue weighted by atomic mass is 9.95. The van der Waals surface area contributed by atoms with Crippen molar-refractivity contribution in [3.63, 3.8) is 0 Å². The van der Waals surface area contributed by atoms with Gasteiger partial charge in [-0.15, -0.1) is 11.3 Å². The molecule has 1 aromatic heterocycles. The molecule has 0 spiro atoms. The molecule has 1 N–H and O–H groups in total. The van der Waals surface area contributed by atoms with Crippen LogP contribution in [0.15, 0.2) is 41.8 Å². The highest BCUT2D eigenvalue weighted by Gasteiger charge is 2.23. The first kappa shape index (κ1) is 13.2. The summed E-state index contributed by atoms with van der Waals surface area (Å²) < 4.78 is 0. The van der Waals surface area contributed by atoms with Crippen molar-refractivity contribution in [2.45, 2.75) is 31.2 Å². The van der Waals surface area contributed by atoms with Crippen LogP contribution in [-0.4, -0.2) is 12.6 Å². The van der Waals surface area contributed by atoms with Gasteiger partial charge in [-0.3, -0.25) is 0 Å². The minimum Gasteiger partial charge on any atom is -0.313 e. The van der Waals surface area contributed by atoms with E-state index in [0.29, 0.717) is 5.92 Å². The molecule has 0 saturated heterocycles. The molecule has 0 radical (unpaired) electrons. The third-order valence-corrected chi connectivity index (χ3v) is 5.03. The Balaban J connectivity index is 1.73. The summed E-state index contributed by atoms with van der Waals surface area (Å²) in [5.41, 5.74) is 1.40. The van der Waals surface area contributed by atoms with E-state index in [2.05, 4.69) is 41.0 Å². The molecule has 1 atom stereocenters. The third kappa shape index (κ3) is 3.59. The van der Waals surface area contributed by atoms with Gasteiger partial charge in [0.2, 0.25) is 0 Å². The van der Waals surface area contributed by atoms with Crippen molar-refractivity contribution < 1.29 is 0 Å². The van der Waals surface area contributed by atoms with Crippen LogP contribution in [0.25, 0.3) is 0 Å². The first-order valence-electron chi connectivity index (χ1n) is 6.83. The number of benzene rings is 1. The maximum atomic E-state index is 6.24. The summed E-state index contributed by atoms with van der Waals surface area (Å²) in [6.07, 6.45) is 3.70. The maximum absolute atomic E-state index is 6.24. The van der Waals surface area contributed by atoms with Crippen LogP contribution in [-0.2, 0) is 6.42 Å². The van der Waals surface area contributed by atoms with Gasteiger partial charge in [-0.25, -0.2) is 0 Å². The average molecular weight is 292 g/mol. The molecule has 2 aromatic rings. The van der Waals surface area contributed by atoms with Gasteiger partial charge >= 0.3 is 0 Å². The van der Waals surface area contributed by atoms with Gasteiger partial charge in [-0.05, 0) is 36.3 Å². The largest absolute Gasteiger partial charge is 0.313 e. The summed E-state index contributed by atoms with van der Waals surface area (Å²) in [4.78, 5) is 1.30. The van der Waals surface area contributed by atoms with Crippen molar-refractivity contribution >= 4 is 22.9 Å². The first-order valence-corrected chi connectivity index (χ1v) is 8.09. The quantitative estimate of drug-likeness (QED) is 0.827. The van der Waals surface area contributed by atoms with E-state index in [4.69, 9.17) is 11.6 Å². The standard InChI is InChI=1S/C16H18ClNS/c17-15-8-9-19-16(15)10-13(11-18-14-6-7-14)12-4-2-1-3-5-12/h1-5,8-9,13-14,18H,6-7,10-11H2. The van der Waals surface area contributed by atoms with Crippen LogP contribution < -0.4 is 5.32 Å². The minimum absolute atomic E-state index is 0.512. The molecule has 0 amide bonds. The zero-order valence-corrected chi connectivity index (χ0v) is 12.4. The monoisotopic (exact) mass is 291 g/mol. The Labute approximate surface area is 123 Å². The molecule has 0 aliphatic heterocycles. The summed E-state index contributed by atoms with van der Waals surface area (Å²) in [6.45, 7) is 1.04. The van der Waals surface area contributed by atoms with Gasteiger partial charge in [0.15, 0.2) is 0 Å². The summed E-state index contributed by atoms with van der Waals surface area (Å²) in [7, 11) is 0. The normalized spacial score (nSPS) is 16.5. The zero-order chi connectivity index (χ0) is 13.1. The Morgan fingerprint density at radius 1 is 1.21 bits per heavy atom. The van der Waals surface area contributed by atoms with Crippen molar-refractivity contribution in [1.29, 1.82) is 0 Å². The van der Waals surface area contributed by atoms with E-state index < -0.39 is 0 Å². The third-order valence-electron chi connectivity index (χ3n) is 3.62. The Kier molecular flexibility index (Phi) is 4.21. The van der Waals surface area contributed by atoms with E-state index in [-0.39, 0.29) is 0 Å². The number of thiophene rings is 1. The highest BCUT2D eigenvalue weighted by molar-refractivity contribution is 7.10. The molecule has 3 heteroatoms. The van der Waals surface area contributed by atoms with Crippen LogP contribution >= 0.6 is 22.9 Å². The fourth-order valence-corrected chi connectivity index (χ4v) is 3.52. The summed E-state index contributed by atoms with van der Waals surface area (Å²) in [5, 5.41) is 6.64. The lowest BCUT2D eigenvalue weighted by Crippen LogP contribution is -2.24. The van der Waals surface area contributed by atoms with E-state index in [1.807, 2.05) is 6.07 Å². The minimum atomic E-state index is 0.512. The van der Waals surface area contributed by atoms with Crippen molar-refractivity contribution in [3.05, 3.63) is 57.2 Å².